The van der Waals surface area contributed by atoms with E-state index in [0.29, 0.717) is 19.7 Å². The van der Waals surface area contributed by atoms with Gasteiger partial charge >= 0.3 is 6.09 Å². The van der Waals surface area contributed by atoms with E-state index in [-0.39, 0.29) is 17.7 Å². The zero-order chi connectivity index (χ0) is 18.8. The Bertz CT molecular complexity index is 606. The molecule has 2 fully saturated rings. The number of ether oxygens (including phenoxy) is 3. The number of methoxy groups -OCH3 is 1. The minimum absolute atomic E-state index is 0.179. The molecule has 0 bridgehead atoms. The Hall–Kier alpha value is -1.79. The zero-order valence-corrected chi connectivity index (χ0v) is 16.2. The number of morpholine rings is 1. The summed E-state index contributed by atoms with van der Waals surface area (Å²) < 4.78 is 17.0. The van der Waals surface area contributed by atoms with E-state index in [2.05, 4.69) is 17.4 Å². The van der Waals surface area contributed by atoms with E-state index in [4.69, 9.17) is 14.2 Å². The Morgan fingerprint density at radius 2 is 1.88 bits per heavy atom. The highest BCUT2D eigenvalue weighted by Crippen LogP contribution is 2.32. The van der Waals surface area contributed by atoms with Gasteiger partial charge in [-0.3, -0.25) is 0 Å². The maximum atomic E-state index is 12.2. The standard InChI is InChI=1S/C20H30N2O4/c1-19(2,3)26-18(23)22-11-9-20(10-12-22)14-21-17(13-25-20)15-5-7-16(24-4)8-6-15/h5-8,17,21H,9-14H2,1-4H3/t17-/m0/s1. The maximum Gasteiger partial charge on any atom is 0.410 e. The minimum Gasteiger partial charge on any atom is -0.497 e. The SMILES string of the molecule is COc1ccc([C@@H]2COC3(CCN(C(=O)OC(C)(C)C)CC3)CN2)cc1. The molecule has 0 unspecified atom stereocenters. The van der Waals surface area contributed by atoms with Crippen LogP contribution >= 0.6 is 0 Å². The number of carbonyl (C=O) groups is 1. The molecule has 0 aliphatic carbocycles. The van der Waals surface area contributed by atoms with Crippen molar-refractivity contribution in [3.63, 3.8) is 0 Å². The van der Waals surface area contributed by atoms with E-state index in [1.54, 1.807) is 12.0 Å². The van der Waals surface area contributed by atoms with Crippen LogP contribution in [0.2, 0.25) is 0 Å². The first-order valence-corrected chi connectivity index (χ1v) is 9.29. The lowest BCUT2D eigenvalue weighted by Crippen LogP contribution is -2.57. The van der Waals surface area contributed by atoms with Gasteiger partial charge < -0.3 is 24.4 Å². The fourth-order valence-electron chi connectivity index (χ4n) is 3.47. The molecule has 1 atom stereocenters. The Morgan fingerprint density at radius 1 is 1.23 bits per heavy atom. The summed E-state index contributed by atoms with van der Waals surface area (Å²) in [5.74, 6) is 0.858. The number of likely N-dealkylation sites (tertiary alicyclic amines) is 1. The molecular weight excluding hydrogens is 332 g/mol. The molecule has 2 aliphatic rings. The van der Waals surface area contributed by atoms with Crippen molar-refractivity contribution in [1.29, 1.82) is 0 Å². The highest BCUT2D eigenvalue weighted by molar-refractivity contribution is 5.68. The van der Waals surface area contributed by atoms with E-state index in [1.807, 2.05) is 32.9 Å². The molecule has 0 aromatic heterocycles. The number of rotatable bonds is 2. The topological polar surface area (TPSA) is 60.0 Å². The summed E-state index contributed by atoms with van der Waals surface area (Å²) in [7, 11) is 1.67. The number of nitrogens with one attached hydrogen (secondary N) is 1. The van der Waals surface area contributed by atoms with Gasteiger partial charge in [0.15, 0.2) is 0 Å². The van der Waals surface area contributed by atoms with E-state index >= 15 is 0 Å². The molecule has 1 amide bonds. The summed E-state index contributed by atoms with van der Waals surface area (Å²) in [4.78, 5) is 14.0. The third kappa shape index (κ3) is 4.48. The fraction of sp³-hybridized carbons (Fsp3) is 0.650. The van der Waals surface area contributed by atoms with Crippen LogP contribution in [0.1, 0.15) is 45.2 Å². The summed E-state index contributed by atoms with van der Waals surface area (Å²) in [6.45, 7) is 8.45. The molecule has 3 rings (SSSR count). The largest absolute Gasteiger partial charge is 0.497 e. The Morgan fingerprint density at radius 3 is 2.38 bits per heavy atom. The van der Waals surface area contributed by atoms with E-state index in [9.17, 15) is 4.79 Å². The number of carbonyl (C=O) groups excluding carboxylic acids is 1. The van der Waals surface area contributed by atoms with Gasteiger partial charge in [0.1, 0.15) is 11.4 Å². The molecule has 144 valence electrons. The predicted molar refractivity (Wildman–Crippen MR) is 99.5 cm³/mol. The number of benzene rings is 1. The number of piperidine rings is 1. The van der Waals surface area contributed by atoms with Gasteiger partial charge in [0.05, 0.1) is 25.4 Å². The van der Waals surface area contributed by atoms with Crippen molar-refractivity contribution in [3.8, 4) is 5.75 Å². The highest BCUT2D eigenvalue weighted by atomic mass is 16.6. The van der Waals surface area contributed by atoms with E-state index < -0.39 is 5.60 Å². The third-order valence-corrected chi connectivity index (χ3v) is 5.07. The van der Waals surface area contributed by atoms with Gasteiger partial charge in [-0.2, -0.15) is 0 Å². The van der Waals surface area contributed by atoms with Crippen LogP contribution < -0.4 is 10.1 Å². The maximum absolute atomic E-state index is 12.2. The molecule has 1 spiro atoms. The Kier molecular flexibility index (Phi) is 5.44. The second kappa shape index (κ2) is 7.45. The van der Waals surface area contributed by atoms with E-state index in [1.165, 1.54) is 5.56 Å². The van der Waals surface area contributed by atoms with Crippen molar-refractivity contribution in [1.82, 2.24) is 10.2 Å². The van der Waals surface area contributed by atoms with Crippen molar-refractivity contribution >= 4 is 6.09 Å². The molecular formula is C20H30N2O4. The first kappa shape index (κ1) is 19.0. The smallest absolute Gasteiger partial charge is 0.410 e. The third-order valence-electron chi connectivity index (χ3n) is 5.07. The van der Waals surface area contributed by atoms with Gasteiger partial charge in [0, 0.05) is 19.6 Å². The molecule has 2 aliphatic heterocycles. The average molecular weight is 362 g/mol. The summed E-state index contributed by atoms with van der Waals surface area (Å²) in [6.07, 6.45) is 1.43. The second-order valence-corrected chi connectivity index (χ2v) is 8.17. The summed E-state index contributed by atoms with van der Waals surface area (Å²) in [5, 5.41) is 3.62. The lowest BCUT2D eigenvalue weighted by molar-refractivity contribution is -0.113. The van der Waals surface area contributed by atoms with Crippen LogP contribution in [0.3, 0.4) is 0 Å². The highest BCUT2D eigenvalue weighted by Gasteiger charge is 2.41. The molecule has 0 radical (unpaired) electrons. The molecule has 6 heteroatoms. The van der Waals surface area contributed by atoms with Gasteiger partial charge in [0.2, 0.25) is 0 Å². The molecule has 1 aromatic rings. The van der Waals surface area contributed by atoms with Crippen LogP contribution in [0.4, 0.5) is 4.79 Å². The van der Waals surface area contributed by atoms with E-state index in [0.717, 1.165) is 25.1 Å². The van der Waals surface area contributed by atoms with Crippen LogP contribution in [-0.2, 0) is 9.47 Å². The van der Waals surface area contributed by atoms with Crippen molar-refractivity contribution in [2.45, 2.75) is 50.9 Å². The van der Waals surface area contributed by atoms with Crippen molar-refractivity contribution < 1.29 is 19.0 Å². The molecule has 6 nitrogen and oxygen atoms in total. The number of hydrogen-bond acceptors (Lipinski definition) is 5. The van der Waals surface area contributed by atoms with Crippen molar-refractivity contribution in [2.24, 2.45) is 0 Å². The normalized spacial score (nSPS) is 22.9. The van der Waals surface area contributed by atoms with Crippen molar-refractivity contribution in [3.05, 3.63) is 29.8 Å². The number of hydrogen-bond donors (Lipinski definition) is 1. The van der Waals surface area contributed by atoms with Crippen LogP contribution in [0.25, 0.3) is 0 Å². The van der Waals surface area contributed by atoms with Gasteiger partial charge in [-0.05, 0) is 51.3 Å². The average Bonchev–Trinajstić information content (AvgIpc) is 2.62. The summed E-state index contributed by atoms with van der Waals surface area (Å²) in [6, 6.07) is 8.28. The molecule has 1 N–H and O–H groups in total. The van der Waals surface area contributed by atoms with Gasteiger partial charge in [0.25, 0.3) is 0 Å². The predicted octanol–water partition coefficient (Wildman–Crippen LogP) is 3.13. The van der Waals surface area contributed by atoms with Gasteiger partial charge in [-0.1, -0.05) is 12.1 Å². The number of amides is 1. The number of nitrogens with zero attached hydrogens (tertiary/aromatic N) is 1. The van der Waals surface area contributed by atoms with Crippen LogP contribution in [-0.4, -0.2) is 55.5 Å². The monoisotopic (exact) mass is 362 g/mol. The van der Waals surface area contributed by atoms with Crippen LogP contribution in [0.15, 0.2) is 24.3 Å². The molecule has 1 aromatic carbocycles. The van der Waals surface area contributed by atoms with Crippen LogP contribution in [0, 0.1) is 0 Å². The lowest BCUT2D eigenvalue weighted by Gasteiger charge is -2.46. The molecule has 0 saturated carbocycles. The van der Waals surface area contributed by atoms with Crippen molar-refractivity contribution in [2.75, 3.05) is 33.4 Å². The Balaban J connectivity index is 1.51. The quantitative estimate of drug-likeness (QED) is 0.876. The molecule has 2 saturated heterocycles. The van der Waals surface area contributed by atoms with Gasteiger partial charge in [-0.15, -0.1) is 0 Å². The first-order valence-electron chi connectivity index (χ1n) is 9.29. The minimum atomic E-state index is -0.458. The van der Waals surface area contributed by atoms with Crippen LogP contribution in [0.5, 0.6) is 5.75 Å². The molecule has 26 heavy (non-hydrogen) atoms. The summed E-state index contributed by atoms with van der Waals surface area (Å²) >= 11 is 0. The fourth-order valence-corrected chi connectivity index (χ4v) is 3.47. The molecule has 2 heterocycles. The Labute approximate surface area is 155 Å². The van der Waals surface area contributed by atoms with Gasteiger partial charge in [-0.25, -0.2) is 4.79 Å². The zero-order valence-electron chi connectivity index (χ0n) is 16.2. The lowest BCUT2D eigenvalue weighted by atomic mass is 9.89. The summed E-state index contributed by atoms with van der Waals surface area (Å²) in [5.41, 5.74) is 0.564. The first-order chi connectivity index (χ1) is 12.3. The second-order valence-electron chi connectivity index (χ2n) is 8.17.